The molecule has 1 fully saturated rings. The van der Waals surface area contributed by atoms with Crippen molar-refractivity contribution < 1.29 is 26.3 Å². The lowest BCUT2D eigenvalue weighted by Gasteiger charge is -2.35. The normalized spacial score (nSPS) is 18.3. The Morgan fingerprint density at radius 3 is 2.35 bits per heavy atom. The number of halogens is 3. The van der Waals surface area contributed by atoms with Crippen molar-refractivity contribution >= 4 is 10.0 Å². The first-order valence-corrected chi connectivity index (χ1v) is 11.7. The summed E-state index contributed by atoms with van der Waals surface area (Å²) in [4.78, 5) is 2.22. The Bertz CT molecular complexity index is 935. The maximum absolute atomic E-state index is 13.3. The highest BCUT2D eigenvalue weighted by molar-refractivity contribution is 7.89. The van der Waals surface area contributed by atoms with Gasteiger partial charge in [-0.15, -0.1) is 13.2 Å². The molecule has 2 aromatic carbocycles. The highest BCUT2D eigenvalue weighted by atomic mass is 32.2. The van der Waals surface area contributed by atoms with Crippen molar-refractivity contribution in [2.24, 2.45) is 0 Å². The molecule has 31 heavy (non-hydrogen) atoms. The smallest absolute Gasteiger partial charge is 0.406 e. The average molecular weight is 457 g/mol. The van der Waals surface area contributed by atoms with E-state index in [0.29, 0.717) is 19.1 Å². The average Bonchev–Trinajstić information content (AvgIpc) is 2.72. The van der Waals surface area contributed by atoms with Crippen LogP contribution in [-0.2, 0) is 16.6 Å². The summed E-state index contributed by atoms with van der Waals surface area (Å²) < 4.78 is 69.1. The summed E-state index contributed by atoms with van der Waals surface area (Å²) in [5, 5.41) is 0. The number of rotatable bonds is 8. The summed E-state index contributed by atoms with van der Waals surface area (Å²) in [5.41, 5.74) is 0.842. The van der Waals surface area contributed by atoms with E-state index < -0.39 is 22.1 Å². The molecule has 0 saturated carbocycles. The topological polar surface area (TPSA) is 49.9 Å². The highest BCUT2D eigenvalue weighted by Gasteiger charge is 2.32. The molecule has 0 spiro atoms. The standard InChI is InChI=1S/C22H27F3N2O3S/c1-18-7-5-6-14-26(18)15-16-27(17-19-8-3-2-4-9-19)31(28,29)21-12-10-20(11-13-21)30-22(23,24)25/h2-4,8-13,18H,5-7,14-17H2,1H3. The van der Waals surface area contributed by atoms with Gasteiger partial charge in [0, 0.05) is 25.7 Å². The maximum Gasteiger partial charge on any atom is 0.573 e. The van der Waals surface area contributed by atoms with Crippen molar-refractivity contribution in [3.05, 3.63) is 60.2 Å². The maximum atomic E-state index is 13.3. The van der Waals surface area contributed by atoms with Gasteiger partial charge in [0.15, 0.2) is 0 Å². The minimum atomic E-state index is -4.83. The molecule has 5 nitrogen and oxygen atoms in total. The van der Waals surface area contributed by atoms with Crippen LogP contribution in [0.5, 0.6) is 5.75 Å². The Kier molecular flexibility index (Phi) is 7.61. The number of piperidine rings is 1. The molecule has 1 heterocycles. The molecule has 1 unspecified atom stereocenters. The molecule has 3 rings (SSSR count). The summed E-state index contributed by atoms with van der Waals surface area (Å²) in [6.07, 6.45) is -1.47. The largest absolute Gasteiger partial charge is 0.573 e. The minimum Gasteiger partial charge on any atom is -0.406 e. The summed E-state index contributed by atoms with van der Waals surface area (Å²) in [7, 11) is -3.91. The van der Waals surface area contributed by atoms with Gasteiger partial charge >= 0.3 is 6.36 Å². The van der Waals surface area contributed by atoms with Crippen LogP contribution in [0.1, 0.15) is 31.7 Å². The van der Waals surface area contributed by atoms with E-state index in [0.717, 1.165) is 49.2 Å². The van der Waals surface area contributed by atoms with Gasteiger partial charge in [0.1, 0.15) is 5.75 Å². The lowest BCUT2D eigenvalue weighted by molar-refractivity contribution is -0.274. The third kappa shape index (κ3) is 6.69. The van der Waals surface area contributed by atoms with E-state index in [1.807, 2.05) is 30.3 Å². The van der Waals surface area contributed by atoms with E-state index in [4.69, 9.17) is 0 Å². The second kappa shape index (κ2) is 10.0. The Hall–Kier alpha value is -2.10. The van der Waals surface area contributed by atoms with Gasteiger partial charge in [-0.1, -0.05) is 36.8 Å². The number of hydrogen-bond acceptors (Lipinski definition) is 4. The van der Waals surface area contributed by atoms with Gasteiger partial charge in [-0.2, -0.15) is 4.31 Å². The van der Waals surface area contributed by atoms with Gasteiger partial charge in [-0.25, -0.2) is 8.42 Å². The van der Waals surface area contributed by atoms with E-state index in [2.05, 4.69) is 16.6 Å². The van der Waals surface area contributed by atoms with E-state index in [9.17, 15) is 21.6 Å². The number of hydrogen-bond donors (Lipinski definition) is 0. The molecular weight excluding hydrogens is 429 g/mol. The summed E-state index contributed by atoms with van der Waals surface area (Å²) in [5.74, 6) is -0.455. The van der Waals surface area contributed by atoms with Crippen molar-refractivity contribution in [3.8, 4) is 5.75 Å². The van der Waals surface area contributed by atoms with Crippen molar-refractivity contribution in [2.45, 2.75) is 50.0 Å². The predicted octanol–water partition coefficient (Wildman–Crippen LogP) is 4.65. The Morgan fingerprint density at radius 2 is 1.74 bits per heavy atom. The summed E-state index contributed by atoms with van der Waals surface area (Å²) in [6, 6.07) is 14.0. The molecule has 1 aliphatic rings. The molecule has 1 atom stereocenters. The van der Waals surface area contributed by atoms with E-state index >= 15 is 0 Å². The van der Waals surface area contributed by atoms with Gasteiger partial charge in [-0.05, 0) is 56.1 Å². The van der Waals surface area contributed by atoms with Gasteiger partial charge in [0.25, 0.3) is 0 Å². The highest BCUT2D eigenvalue weighted by Crippen LogP contribution is 2.26. The second-order valence-corrected chi connectivity index (χ2v) is 9.66. The van der Waals surface area contributed by atoms with E-state index in [1.165, 1.54) is 10.7 Å². The quantitative estimate of drug-likeness (QED) is 0.580. The fourth-order valence-electron chi connectivity index (χ4n) is 3.76. The lowest BCUT2D eigenvalue weighted by atomic mass is 10.0. The Morgan fingerprint density at radius 1 is 1.06 bits per heavy atom. The first-order valence-electron chi connectivity index (χ1n) is 10.3. The fraction of sp³-hybridized carbons (Fsp3) is 0.455. The summed E-state index contributed by atoms with van der Waals surface area (Å²) >= 11 is 0. The number of likely N-dealkylation sites (tertiary alicyclic amines) is 1. The van der Waals surface area contributed by atoms with Crippen LogP contribution < -0.4 is 4.74 Å². The number of sulfonamides is 1. The van der Waals surface area contributed by atoms with Crippen molar-refractivity contribution in [1.82, 2.24) is 9.21 Å². The minimum absolute atomic E-state index is 0.0651. The SMILES string of the molecule is CC1CCCCN1CCN(Cc1ccccc1)S(=O)(=O)c1ccc(OC(F)(F)F)cc1. The zero-order valence-corrected chi connectivity index (χ0v) is 18.2. The molecule has 0 aromatic heterocycles. The third-order valence-electron chi connectivity index (χ3n) is 5.47. The van der Waals surface area contributed by atoms with Gasteiger partial charge in [0.05, 0.1) is 4.90 Å². The van der Waals surface area contributed by atoms with Crippen molar-refractivity contribution in [3.63, 3.8) is 0 Å². The molecule has 0 aliphatic carbocycles. The molecular formula is C22H27F3N2O3S. The first-order chi connectivity index (χ1) is 14.6. The Balaban J connectivity index is 1.80. The lowest BCUT2D eigenvalue weighted by Crippen LogP contribution is -2.43. The first kappa shape index (κ1) is 23.6. The van der Waals surface area contributed by atoms with E-state index in [1.54, 1.807) is 0 Å². The zero-order chi connectivity index (χ0) is 22.5. The summed E-state index contributed by atoms with van der Waals surface area (Å²) in [6.45, 7) is 4.16. The van der Waals surface area contributed by atoms with Crippen LogP contribution in [0.15, 0.2) is 59.5 Å². The second-order valence-electron chi connectivity index (χ2n) is 7.72. The van der Waals surface area contributed by atoms with Gasteiger partial charge in [0.2, 0.25) is 10.0 Å². The van der Waals surface area contributed by atoms with Crippen LogP contribution in [-0.4, -0.2) is 49.7 Å². The molecule has 1 aliphatic heterocycles. The molecule has 0 radical (unpaired) electrons. The molecule has 9 heteroatoms. The monoisotopic (exact) mass is 456 g/mol. The molecule has 0 amide bonds. The molecule has 170 valence electrons. The van der Waals surface area contributed by atoms with Crippen LogP contribution in [0, 0.1) is 0 Å². The molecule has 0 N–H and O–H groups in total. The Labute approximate surface area is 181 Å². The van der Waals surface area contributed by atoms with Crippen LogP contribution in [0.3, 0.4) is 0 Å². The van der Waals surface area contributed by atoms with Crippen LogP contribution in [0.4, 0.5) is 13.2 Å². The van der Waals surface area contributed by atoms with Crippen LogP contribution in [0.25, 0.3) is 0 Å². The zero-order valence-electron chi connectivity index (χ0n) is 17.4. The van der Waals surface area contributed by atoms with Crippen LogP contribution in [0.2, 0.25) is 0 Å². The van der Waals surface area contributed by atoms with Gasteiger partial charge in [-0.3, -0.25) is 4.90 Å². The number of alkyl halides is 3. The third-order valence-corrected chi connectivity index (χ3v) is 7.33. The van der Waals surface area contributed by atoms with Crippen molar-refractivity contribution in [2.75, 3.05) is 19.6 Å². The predicted molar refractivity (Wildman–Crippen MR) is 112 cm³/mol. The molecule has 0 bridgehead atoms. The number of ether oxygens (including phenoxy) is 1. The number of benzene rings is 2. The molecule has 1 saturated heterocycles. The van der Waals surface area contributed by atoms with Gasteiger partial charge < -0.3 is 4.74 Å². The fourth-order valence-corrected chi connectivity index (χ4v) is 5.18. The van der Waals surface area contributed by atoms with Crippen molar-refractivity contribution in [1.29, 1.82) is 0 Å². The van der Waals surface area contributed by atoms with Crippen LogP contribution >= 0.6 is 0 Å². The number of nitrogens with zero attached hydrogens (tertiary/aromatic N) is 2. The molecule has 2 aromatic rings. The van der Waals surface area contributed by atoms with E-state index in [-0.39, 0.29) is 11.4 Å².